The third kappa shape index (κ3) is 4.07. The van der Waals surface area contributed by atoms with E-state index >= 15 is 0 Å². The summed E-state index contributed by atoms with van der Waals surface area (Å²) in [6.07, 6.45) is 1.52. The first-order chi connectivity index (χ1) is 13.6. The molecule has 1 aromatic heterocycles. The maximum absolute atomic E-state index is 13.0. The van der Waals surface area contributed by atoms with E-state index in [0.717, 1.165) is 28.3 Å². The number of likely N-dealkylation sites (tertiary alicyclic amines) is 1. The van der Waals surface area contributed by atoms with E-state index in [1.807, 2.05) is 41.8 Å². The lowest BCUT2D eigenvalue weighted by atomic mass is 9.96. The summed E-state index contributed by atoms with van der Waals surface area (Å²) in [7, 11) is 0. The number of anilines is 1. The Morgan fingerprint density at radius 3 is 2.89 bits per heavy atom. The molecule has 1 saturated heterocycles. The summed E-state index contributed by atoms with van der Waals surface area (Å²) in [6, 6.07) is 11.4. The van der Waals surface area contributed by atoms with Crippen molar-refractivity contribution in [2.24, 2.45) is 5.92 Å². The summed E-state index contributed by atoms with van der Waals surface area (Å²) in [6.45, 7) is 1.46. The number of benzene rings is 1. The summed E-state index contributed by atoms with van der Waals surface area (Å²) in [4.78, 5) is 41.6. The number of fused-ring (bicyclic) bond motifs is 1. The first-order valence-electron chi connectivity index (χ1n) is 9.27. The van der Waals surface area contributed by atoms with Crippen molar-refractivity contribution in [1.29, 1.82) is 0 Å². The number of nitrogens with one attached hydrogen (secondary N) is 2. The molecule has 28 heavy (non-hydrogen) atoms. The number of nitrogens with zero attached hydrogens (tertiary/aromatic N) is 1. The summed E-state index contributed by atoms with van der Waals surface area (Å²) in [5.74, 6) is -0.774. The zero-order chi connectivity index (χ0) is 19.5. The van der Waals surface area contributed by atoms with Gasteiger partial charge >= 0.3 is 0 Å². The number of carbonyl (C=O) groups is 3. The van der Waals surface area contributed by atoms with Gasteiger partial charge in [-0.15, -0.1) is 23.1 Å². The molecule has 2 aromatic rings. The van der Waals surface area contributed by atoms with E-state index in [0.29, 0.717) is 19.6 Å². The molecule has 2 N–H and O–H groups in total. The maximum Gasteiger partial charge on any atom is 0.247 e. The van der Waals surface area contributed by atoms with Crippen LogP contribution in [0.3, 0.4) is 0 Å². The van der Waals surface area contributed by atoms with Crippen molar-refractivity contribution in [3.63, 3.8) is 0 Å². The summed E-state index contributed by atoms with van der Waals surface area (Å²) in [5.41, 5.74) is 0.742. The molecular weight excluding hydrogens is 394 g/mol. The molecule has 1 fully saturated rings. The third-order valence-corrected chi connectivity index (χ3v) is 7.11. The van der Waals surface area contributed by atoms with Crippen molar-refractivity contribution in [2.75, 3.05) is 18.4 Å². The minimum atomic E-state index is -0.803. The highest BCUT2D eigenvalue weighted by Crippen LogP contribution is 2.36. The molecule has 3 amide bonds. The second-order valence-electron chi connectivity index (χ2n) is 6.90. The number of thioether (sulfide) groups is 1. The van der Waals surface area contributed by atoms with Crippen LogP contribution in [-0.2, 0) is 20.9 Å². The van der Waals surface area contributed by atoms with Crippen LogP contribution >= 0.6 is 23.1 Å². The number of amides is 3. The first-order valence-corrected chi connectivity index (χ1v) is 11.0. The molecule has 0 spiro atoms. The Hall–Kier alpha value is -2.32. The molecule has 4 rings (SSSR count). The van der Waals surface area contributed by atoms with Gasteiger partial charge in [0.05, 0.1) is 18.2 Å². The number of thiophene rings is 1. The molecule has 1 aromatic carbocycles. The van der Waals surface area contributed by atoms with Crippen LogP contribution in [-0.4, -0.2) is 41.0 Å². The van der Waals surface area contributed by atoms with Crippen molar-refractivity contribution in [2.45, 2.75) is 29.5 Å². The maximum atomic E-state index is 13.0. The highest BCUT2D eigenvalue weighted by molar-refractivity contribution is 8.01. The minimum Gasteiger partial charge on any atom is -0.351 e. The Morgan fingerprint density at radius 1 is 1.21 bits per heavy atom. The molecule has 6 nitrogen and oxygen atoms in total. The van der Waals surface area contributed by atoms with Gasteiger partial charge in [0.25, 0.3) is 0 Å². The van der Waals surface area contributed by atoms with E-state index in [1.54, 1.807) is 16.2 Å². The predicted molar refractivity (Wildman–Crippen MR) is 110 cm³/mol. The zero-order valence-electron chi connectivity index (χ0n) is 15.2. The average Bonchev–Trinajstić information content (AvgIpc) is 3.25. The van der Waals surface area contributed by atoms with Gasteiger partial charge in [-0.05, 0) is 36.4 Å². The topological polar surface area (TPSA) is 78.5 Å². The molecule has 3 heterocycles. The fraction of sp³-hybridized carbons (Fsp3) is 0.350. The fourth-order valence-electron chi connectivity index (χ4n) is 3.50. The quantitative estimate of drug-likeness (QED) is 0.753. The lowest BCUT2D eigenvalue weighted by Crippen LogP contribution is -2.50. The van der Waals surface area contributed by atoms with Crippen molar-refractivity contribution in [1.82, 2.24) is 10.2 Å². The molecule has 2 atom stereocenters. The highest BCUT2D eigenvalue weighted by Gasteiger charge is 2.38. The summed E-state index contributed by atoms with van der Waals surface area (Å²) in [5, 5.41) is 6.96. The van der Waals surface area contributed by atoms with Gasteiger partial charge in [0.15, 0.2) is 5.25 Å². The largest absolute Gasteiger partial charge is 0.351 e. The van der Waals surface area contributed by atoms with E-state index in [9.17, 15) is 14.4 Å². The van der Waals surface area contributed by atoms with Gasteiger partial charge in [-0.3, -0.25) is 14.4 Å². The van der Waals surface area contributed by atoms with Crippen LogP contribution < -0.4 is 10.6 Å². The molecule has 0 unspecified atom stereocenters. The fourth-order valence-corrected chi connectivity index (χ4v) is 5.22. The molecule has 0 radical (unpaired) electrons. The number of carbonyl (C=O) groups excluding carboxylic acids is 3. The number of rotatable bonds is 4. The van der Waals surface area contributed by atoms with Crippen LogP contribution in [0.4, 0.5) is 5.69 Å². The van der Waals surface area contributed by atoms with Gasteiger partial charge in [0, 0.05) is 22.9 Å². The Bertz CT molecular complexity index is 885. The van der Waals surface area contributed by atoms with Crippen LogP contribution in [0.15, 0.2) is 46.7 Å². The van der Waals surface area contributed by atoms with Gasteiger partial charge in [-0.1, -0.05) is 18.2 Å². The molecule has 0 saturated carbocycles. The number of para-hydroxylation sites is 1. The Morgan fingerprint density at radius 2 is 2.07 bits per heavy atom. The average molecular weight is 416 g/mol. The molecule has 2 aliphatic rings. The lowest BCUT2D eigenvalue weighted by molar-refractivity contribution is -0.137. The van der Waals surface area contributed by atoms with Crippen LogP contribution in [0.5, 0.6) is 0 Å². The van der Waals surface area contributed by atoms with Crippen molar-refractivity contribution < 1.29 is 14.4 Å². The van der Waals surface area contributed by atoms with Gasteiger partial charge in [-0.25, -0.2) is 0 Å². The Labute approximate surface area is 171 Å². The molecule has 146 valence electrons. The van der Waals surface area contributed by atoms with Gasteiger partial charge in [0.1, 0.15) is 0 Å². The van der Waals surface area contributed by atoms with Gasteiger partial charge in [0.2, 0.25) is 17.7 Å². The van der Waals surface area contributed by atoms with E-state index < -0.39 is 5.25 Å². The van der Waals surface area contributed by atoms with Crippen molar-refractivity contribution in [3.05, 3.63) is 46.7 Å². The lowest BCUT2D eigenvalue weighted by Gasteiger charge is -2.35. The van der Waals surface area contributed by atoms with E-state index in [4.69, 9.17) is 0 Å². The molecule has 8 heteroatoms. The van der Waals surface area contributed by atoms with E-state index in [2.05, 4.69) is 10.6 Å². The number of hydrogen-bond donors (Lipinski definition) is 2. The smallest absolute Gasteiger partial charge is 0.247 e. The van der Waals surface area contributed by atoms with Crippen molar-refractivity contribution in [3.8, 4) is 0 Å². The van der Waals surface area contributed by atoms with Crippen LogP contribution in [0.25, 0.3) is 0 Å². The molecular formula is C20H21N3O3S2. The Kier molecular flexibility index (Phi) is 5.68. The monoisotopic (exact) mass is 415 g/mol. The first kappa shape index (κ1) is 19.0. The van der Waals surface area contributed by atoms with Gasteiger partial charge in [-0.2, -0.15) is 0 Å². The third-order valence-electron chi connectivity index (χ3n) is 4.97. The van der Waals surface area contributed by atoms with E-state index in [1.165, 1.54) is 11.8 Å². The summed E-state index contributed by atoms with van der Waals surface area (Å²) < 4.78 is 0. The van der Waals surface area contributed by atoms with Gasteiger partial charge < -0.3 is 15.5 Å². The summed E-state index contributed by atoms with van der Waals surface area (Å²) >= 11 is 2.89. The molecule has 0 aliphatic carbocycles. The van der Waals surface area contributed by atoms with E-state index in [-0.39, 0.29) is 23.6 Å². The zero-order valence-corrected chi connectivity index (χ0v) is 16.9. The standard InChI is InChI=1S/C20H21N3O3S2/c24-18(21-11-14-6-4-10-27-14)13-5-3-9-23(12-13)20(26)17-19(25)22-15-7-1-2-8-16(15)28-17/h1-2,4,6-8,10,13,17H,3,5,9,11-12H2,(H,21,24)(H,22,25)/t13-,17-/m1/s1. The van der Waals surface area contributed by atoms with Crippen LogP contribution in [0, 0.1) is 5.92 Å². The van der Waals surface area contributed by atoms with Crippen molar-refractivity contribution >= 4 is 46.5 Å². The molecule has 2 aliphatic heterocycles. The normalized spacial score (nSPS) is 21.6. The van der Waals surface area contributed by atoms with Crippen LogP contribution in [0.2, 0.25) is 0 Å². The number of piperidine rings is 1. The second-order valence-corrected chi connectivity index (χ2v) is 9.08. The highest BCUT2D eigenvalue weighted by atomic mass is 32.2. The minimum absolute atomic E-state index is 0.0306. The predicted octanol–water partition coefficient (Wildman–Crippen LogP) is 2.72. The second kappa shape index (κ2) is 8.36. The van der Waals surface area contributed by atoms with Crippen LogP contribution in [0.1, 0.15) is 17.7 Å². The Balaban J connectivity index is 1.38. The molecule has 0 bridgehead atoms. The SMILES string of the molecule is O=C(NCc1cccs1)[C@@H]1CCCN(C(=O)[C@@H]2Sc3ccccc3NC2=O)C1. The number of hydrogen-bond acceptors (Lipinski definition) is 5.